The summed E-state index contributed by atoms with van der Waals surface area (Å²) < 4.78 is 22.1. The molecule has 0 fully saturated rings. The van der Waals surface area contributed by atoms with Crippen molar-refractivity contribution in [1.82, 2.24) is 5.32 Å². The van der Waals surface area contributed by atoms with Gasteiger partial charge in [0.25, 0.3) is 0 Å². The van der Waals surface area contributed by atoms with Gasteiger partial charge in [-0.3, -0.25) is 4.79 Å². The standard InChI is InChI=1S/C22H25NO5/c1-22(2)12-17(16-7-6-15(25-3)11-19(16)28-22)23-21(24)9-5-14-4-8-18-20(10-14)27-13-26-18/h4,6-8,10-11,17H,5,9,12-13H2,1-3H3,(H,23,24)/t17-/m0/s1. The molecule has 28 heavy (non-hydrogen) atoms. The Balaban J connectivity index is 1.42. The minimum Gasteiger partial charge on any atom is -0.497 e. The second-order valence-electron chi connectivity index (χ2n) is 7.78. The van der Waals surface area contributed by atoms with Crippen LogP contribution in [0.1, 0.15) is 43.9 Å². The summed E-state index contributed by atoms with van der Waals surface area (Å²) in [6.45, 7) is 4.31. The number of benzene rings is 2. The van der Waals surface area contributed by atoms with Crippen molar-refractivity contribution in [3.8, 4) is 23.0 Å². The van der Waals surface area contributed by atoms with Crippen LogP contribution in [0.25, 0.3) is 0 Å². The third-order valence-corrected chi connectivity index (χ3v) is 5.09. The number of hydrogen-bond acceptors (Lipinski definition) is 5. The molecule has 0 unspecified atom stereocenters. The molecule has 0 spiro atoms. The molecule has 2 aliphatic heterocycles. The highest BCUT2D eigenvalue weighted by atomic mass is 16.7. The lowest BCUT2D eigenvalue weighted by molar-refractivity contribution is -0.122. The number of methoxy groups -OCH3 is 1. The van der Waals surface area contributed by atoms with Crippen molar-refractivity contribution in [2.24, 2.45) is 0 Å². The number of fused-ring (bicyclic) bond motifs is 2. The molecular formula is C22H25NO5. The SMILES string of the molecule is COc1ccc2c(c1)OC(C)(C)C[C@@H]2NC(=O)CCc1ccc2c(c1)OCO2. The Morgan fingerprint density at radius 3 is 2.79 bits per heavy atom. The first kappa shape index (κ1) is 18.5. The fraction of sp³-hybridized carbons (Fsp3) is 0.409. The maximum absolute atomic E-state index is 12.6. The largest absolute Gasteiger partial charge is 0.497 e. The number of ether oxygens (including phenoxy) is 4. The second kappa shape index (κ2) is 7.26. The lowest BCUT2D eigenvalue weighted by Gasteiger charge is -2.38. The summed E-state index contributed by atoms with van der Waals surface area (Å²) in [7, 11) is 1.63. The molecule has 148 valence electrons. The summed E-state index contributed by atoms with van der Waals surface area (Å²) in [5, 5.41) is 3.18. The molecule has 4 rings (SSSR count). The van der Waals surface area contributed by atoms with Crippen molar-refractivity contribution in [3.05, 3.63) is 47.5 Å². The van der Waals surface area contributed by atoms with E-state index in [1.807, 2.05) is 50.2 Å². The van der Waals surface area contributed by atoms with Crippen molar-refractivity contribution >= 4 is 5.91 Å². The van der Waals surface area contributed by atoms with E-state index in [1.54, 1.807) is 7.11 Å². The molecule has 0 aliphatic carbocycles. The molecule has 0 radical (unpaired) electrons. The summed E-state index contributed by atoms with van der Waals surface area (Å²) in [5.41, 5.74) is 1.67. The van der Waals surface area contributed by atoms with Gasteiger partial charge in [-0.1, -0.05) is 6.07 Å². The fourth-order valence-electron chi connectivity index (χ4n) is 3.71. The molecule has 1 amide bonds. The number of hydrogen-bond donors (Lipinski definition) is 1. The van der Waals surface area contributed by atoms with Crippen LogP contribution in [0.2, 0.25) is 0 Å². The molecular weight excluding hydrogens is 358 g/mol. The topological polar surface area (TPSA) is 66.0 Å². The van der Waals surface area contributed by atoms with E-state index < -0.39 is 0 Å². The summed E-state index contributed by atoms with van der Waals surface area (Å²) >= 11 is 0. The Morgan fingerprint density at radius 1 is 1.14 bits per heavy atom. The number of carbonyl (C=O) groups is 1. The van der Waals surface area contributed by atoms with Crippen molar-refractivity contribution < 1.29 is 23.7 Å². The van der Waals surface area contributed by atoms with Gasteiger partial charge in [0.05, 0.1) is 13.2 Å². The predicted molar refractivity (Wildman–Crippen MR) is 104 cm³/mol. The van der Waals surface area contributed by atoms with Crippen LogP contribution in [-0.2, 0) is 11.2 Å². The fourth-order valence-corrected chi connectivity index (χ4v) is 3.71. The Kier molecular flexibility index (Phi) is 4.79. The van der Waals surface area contributed by atoms with Crippen LogP contribution in [-0.4, -0.2) is 25.4 Å². The van der Waals surface area contributed by atoms with Crippen molar-refractivity contribution in [3.63, 3.8) is 0 Å². The van der Waals surface area contributed by atoms with Crippen LogP contribution in [0, 0.1) is 0 Å². The zero-order valence-electron chi connectivity index (χ0n) is 16.4. The van der Waals surface area contributed by atoms with E-state index in [0.29, 0.717) is 19.3 Å². The lowest BCUT2D eigenvalue weighted by atomic mass is 9.89. The molecule has 0 bridgehead atoms. The first-order valence-corrected chi connectivity index (χ1v) is 9.48. The quantitative estimate of drug-likeness (QED) is 0.851. The van der Waals surface area contributed by atoms with Crippen molar-refractivity contribution in [2.45, 2.75) is 44.8 Å². The number of aryl methyl sites for hydroxylation is 1. The molecule has 2 aromatic rings. The molecule has 2 aromatic carbocycles. The zero-order valence-corrected chi connectivity index (χ0v) is 16.4. The Morgan fingerprint density at radius 2 is 1.96 bits per heavy atom. The highest BCUT2D eigenvalue weighted by molar-refractivity contribution is 5.77. The average molecular weight is 383 g/mol. The zero-order chi connectivity index (χ0) is 19.7. The molecule has 1 N–H and O–H groups in total. The molecule has 0 saturated heterocycles. The van der Waals surface area contributed by atoms with Crippen molar-refractivity contribution in [2.75, 3.05) is 13.9 Å². The van der Waals surface area contributed by atoms with Crippen LogP contribution in [0.5, 0.6) is 23.0 Å². The molecule has 1 atom stereocenters. The van der Waals surface area contributed by atoms with E-state index in [-0.39, 0.29) is 24.3 Å². The third-order valence-electron chi connectivity index (χ3n) is 5.09. The maximum Gasteiger partial charge on any atom is 0.231 e. The van der Waals surface area contributed by atoms with Gasteiger partial charge in [-0.15, -0.1) is 0 Å². The van der Waals surface area contributed by atoms with E-state index in [0.717, 1.165) is 34.1 Å². The maximum atomic E-state index is 12.6. The van der Waals surface area contributed by atoms with Crippen LogP contribution in [0.15, 0.2) is 36.4 Å². The van der Waals surface area contributed by atoms with E-state index in [2.05, 4.69) is 5.32 Å². The van der Waals surface area contributed by atoms with Crippen LogP contribution >= 0.6 is 0 Å². The van der Waals surface area contributed by atoms with Crippen LogP contribution in [0.4, 0.5) is 0 Å². The summed E-state index contributed by atoms with van der Waals surface area (Å²) in [4.78, 5) is 12.6. The van der Waals surface area contributed by atoms with E-state index >= 15 is 0 Å². The number of amides is 1. The highest BCUT2D eigenvalue weighted by Crippen LogP contribution is 2.41. The first-order chi connectivity index (χ1) is 13.4. The smallest absolute Gasteiger partial charge is 0.231 e. The van der Waals surface area contributed by atoms with Crippen LogP contribution in [0.3, 0.4) is 0 Å². The predicted octanol–water partition coefficient (Wildman–Crippen LogP) is 3.78. The minimum absolute atomic E-state index is 0.0159. The molecule has 2 heterocycles. The van der Waals surface area contributed by atoms with E-state index in [9.17, 15) is 4.79 Å². The molecule has 6 heteroatoms. The number of carbonyl (C=O) groups excluding carboxylic acids is 1. The summed E-state index contributed by atoms with van der Waals surface area (Å²) in [6, 6.07) is 11.4. The Bertz CT molecular complexity index is 892. The van der Waals surface area contributed by atoms with Gasteiger partial charge in [-0.2, -0.15) is 0 Å². The van der Waals surface area contributed by atoms with Gasteiger partial charge in [0.2, 0.25) is 12.7 Å². The molecule has 0 aromatic heterocycles. The average Bonchev–Trinajstić information content (AvgIpc) is 3.12. The lowest BCUT2D eigenvalue weighted by Crippen LogP contribution is -2.41. The van der Waals surface area contributed by atoms with Gasteiger partial charge in [0.1, 0.15) is 17.1 Å². The Hall–Kier alpha value is -2.89. The minimum atomic E-state index is -0.366. The second-order valence-corrected chi connectivity index (χ2v) is 7.78. The summed E-state index contributed by atoms with van der Waals surface area (Å²) in [6.07, 6.45) is 1.76. The van der Waals surface area contributed by atoms with Crippen LogP contribution < -0.4 is 24.3 Å². The monoisotopic (exact) mass is 383 g/mol. The molecule has 6 nitrogen and oxygen atoms in total. The number of rotatable bonds is 5. The van der Waals surface area contributed by atoms with Gasteiger partial charge in [-0.25, -0.2) is 0 Å². The summed E-state index contributed by atoms with van der Waals surface area (Å²) in [5.74, 6) is 3.01. The first-order valence-electron chi connectivity index (χ1n) is 9.48. The van der Waals surface area contributed by atoms with Crippen molar-refractivity contribution in [1.29, 1.82) is 0 Å². The normalized spacial score (nSPS) is 18.8. The Labute approximate surface area is 164 Å². The van der Waals surface area contributed by atoms with Gasteiger partial charge in [-0.05, 0) is 50.1 Å². The van der Waals surface area contributed by atoms with Gasteiger partial charge >= 0.3 is 0 Å². The highest BCUT2D eigenvalue weighted by Gasteiger charge is 2.34. The van der Waals surface area contributed by atoms with E-state index in [1.165, 1.54) is 0 Å². The molecule has 2 aliphatic rings. The number of nitrogens with one attached hydrogen (secondary N) is 1. The third kappa shape index (κ3) is 3.86. The van der Waals surface area contributed by atoms with E-state index in [4.69, 9.17) is 18.9 Å². The van der Waals surface area contributed by atoms with Gasteiger partial charge < -0.3 is 24.3 Å². The van der Waals surface area contributed by atoms with Gasteiger partial charge in [0.15, 0.2) is 11.5 Å². The molecule has 0 saturated carbocycles. The van der Waals surface area contributed by atoms with Gasteiger partial charge in [0, 0.05) is 24.5 Å².